The minimum atomic E-state index is -0.223. The first-order chi connectivity index (χ1) is 9.98. The number of rotatable bonds is 8. The number of urea groups is 1. The molecule has 0 aliphatic heterocycles. The van der Waals surface area contributed by atoms with E-state index in [1.54, 1.807) is 7.11 Å². The van der Waals surface area contributed by atoms with Crippen molar-refractivity contribution in [2.45, 2.75) is 26.4 Å². The van der Waals surface area contributed by atoms with E-state index < -0.39 is 0 Å². The van der Waals surface area contributed by atoms with Crippen molar-refractivity contribution in [1.82, 2.24) is 10.6 Å². The number of ether oxygens (including phenoxy) is 1. The largest absolute Gasteiger partial charge is 0.396 e. The Morgan fingerprint density at radius 1 is 1.29 bits per heavy atom. The van der Waals surface area contributed by atoms with Gasteiger partial charge in [-0.25, -0.2) is 4.79 Å². The van der Waals surface area contributed by atoms with Crippen LogP contribution in [0.4, 0.5) is 4.79 Å². The Balaban J connectivity index is 2.38. The van der Waals surface area contributed by atoms with E-state index in [0.29, 0.717) is 19.5 Å². The third kappa shape index (κ3) is 6.60. The molecule has 0 radical (unpaired) electrons. The second-order valence-electron chi connectivity index (χ2n) is 5.84. The molecule has 0 bridgehead atoms. The summed E-state index contributed by atoms with van der Waals surface area (Å²) >= 11 is 0. The molecule has 1 unspecified atom stereocenters. The zero-order chi connectivity index (χ0) is 15.7. The minimum absolute atomic E-state index is 0.119. The van der Waals surface area contributed by atoms with Gasteiger partial charge in [0, 0.05) is 26.8 Å². The van der Waals surface area contributed by atoms with Gasteiger partial charge >= 0.3 is 6.03 Å². The standard InChI is InChI=1S/C16H26N2O3/c1-16(2,9-10-19)12-18-15(20)17-11-14(21-3)13-7-5-4-6-8-13/h4-8,14,19H,9-12H2,1-3H3,(H2,17,18,20). The fourth-order valence-corrected chi connectivity index (χ4v) is 1.96. The molecule has 5 heteroatoms. The lowest BCUT2D eigenvalue weighted by Gasteiger charge is -2.24. The van der Waals surface area contributed by atoms with E-state index in [4.69, 9.17) is 9.84 Å². The van der Waals surface area contributed by atoms with Crippen LogP contribution in [0.2, 0.25) is 0 Å². The SMILES string of the molecule is COC(CNC(=O)NCC(C)(C)CCO)c1ccccc1. The summed E-state index contributed by atoms with van der Waals surface area (Å²) in [5, 5.41) is 14.6. The first kappa shape index (κ1) is 17.5. The molecular weight excluding hydrogens is 268 g/mol. The first-order valence-corrected chi connectivity index (χ1v) is 7.19. The maximum atomic E-state index is 11.8. The quantitative estimate of drug-likeness (QED) is 0.687. The van der Waals surface area contributed by atoms with Gasteiger partial charge in [-0.2, -0.15) is 0 Å². The summed E-state index contributed by atoms with van der Waals surface area (Å²) < 4.78 is 5.40. The van der Waals surface area contributed by atoms with Crippen molar-refractivity contribution in [1.29, 1.82) is 0 Å². The molecule has 0 aromatic heterocycles. The number of hydrogen-bond acceptors (Lipinski definition) is 3. The van der Waals surface area contributed by atoms with Crippen LogP contribution in [-0.2, 0) is 4.74 Å². The number of methoxy groups -OCH3 is 1. The zero-order valence-corrected chi connectivity index (χ0v) is 13.1. The summed E-state index contributed by atoms with van der Waals surface area (Å²) in [7, 11) is 1.63. The molecule has 0 fully saturated rings. The van der Waals surface area contributed by atoms with Crippen LogP contribution in [0.5, 0.6) is 0 Å². The van der Waals surface area contributed by atoms with Gasteiger partial charge < -0.3 is 20.5 Å². The van der Waals surface area contributed by atoms with Gasteiger partial charge in [0.2, 0.25) is 0 Å². The summed E-state index contributed by atoms with van der Waals surface area (Å²) in [5.74, 6) is 0. The molecule has 3 N–H and O–H groups in total. The molecule has 21 heavy (non-hydrogen) atoms. The number of aliphatic hydroxyl groups is 1. The third-order valence-electron chi connectivity index (χ3n) is 3.42. The Hall–Kier alpha value is -1.59. The van der Waals surface area contributed by atoms with Crippen LogP contribution in [0.3, 0.4) is 0 Å². The second kappa shape index (κ2) is 8.64. The predicted molar refractivity (Wildman–Crippen MR) is 83.1 cm³/mol. The van der Waals surface area contributed by atoms with Crippen LogP contribution in [-0.4, -0.2) is 37.9 Å². The Bertz CT molecular complexity index is 421. The van der Waals surface area contributed by atoms with Gasteiger partial charge in [0.25, 0.3) is 0 Å². The van der Waals surface area contributed by atoms with Crippen LogP contribution in [0.15, 0.2) is 30.3 Å². The Morgan fingerprint density at radius 2 is 1.95 bits per heavy atom. The third-order valence-corrected chi connectivity index (χ3v) is 3.42. The molecule has 0 heterocycles. The van der Waals surface area contributed by atoms with Crippen molar-refractivity contribution < 1.29 is 14.6 Å². The van der Waals surface area contributed by atoms with Crippen molar-refractivity contribution >= 4 is 6.03 Å². The number of hydrogen-bond donors (Lipinski definition) is 3. The van der Waals surface area contributed by atoms with Crippen LogP contribution < -0.4 is 10.6 Å². The lowest BCUT2D eigenvalue weighted by atomic mass is 9.90. The average molecular weight is 294 g/mol. The minimum Gasteiger partial charge on any atom is -0.396 e. The van der Waals surface area contributed by atoms with E-state index in [2.05, 4.69) is 10.6 Å². The highest BCUT2D eigenvalue weighted by Crippen LogP contribution is 2.18. The maximum absolute atomic E-state index is 11.8. The van der Waals surface area contributed by atoms with Gasteiger partial charge in [0.15, 0.2) is 0 Å². The summed E-state index contributed by atoms with van der Waals surface area (Å²) in [5.41, 5.74) is 0.910. The number of nitrogens with one attached hydrogen (secondary N) is 2. The summed E-state index contributed by atoms with van der Waals surface area (Å²) in [6.45, 7) is 5.06. The van der Waals surface area contributed by atoms with Crippen LogP contribution in [0.1, 0.15) is 31.9 Å². The normalized spacial score (nSPS) is 12.8. The van der Waals surface area contributed by atoms with Gasteiger partial charge in [-0.3, -0.25) is 0 Å². The first-order valence-electron chi connectivity index (χ1n) is 7.19. The highest BCUT2D eigenvalue weighted by atomic mass is 16.5. The average Bonchev–Trinajstić information content (AvgIpc) is 2.47. The van der Waals surface area contributed by atoms with Crippen molar-refractivity contribution in [3.8, 4) is 0 Å². The molecule has 2 amide bonds. The van der Waals surface area contributed by atoms with Gasteiger partial charge in [-0.1, -0.05) is 44.2 Å². The van der Waals surface area contributed by atoms with Crippen molar-refractivity contribution in [2.24, 2.45) is 5.41 Å². The summed E-state index contributed by atoms with van der Waals surface area (Å²) in [6, 6.07) is 9.55. The highest BCUT2D eigenvalue weighted by Gasteiger charge is 2.18. The lowest BCUT2D eigenvalue weighted by Crippen LogP contribution is -2.42. The number of amides is 2. The molecule has 1 rings (SSSR count). The Kier molecular flexibility index (Phi) is 7.19. The molecule has 1 aromatic rings. The Morgan fingerprint density at radius 3 is 2.52 bits per heavy atom. The molecule has 0 saturated carbocycles. The fourth-order valence-electron chi connectivity index (χ4n) is 1.96. The maximum Gasteiger partial charge on any atom is 0.314 e. The van der Waals surface area contributed by atoms with E-state index in [1.807, 2.05) is 44.2 Å². The number of carbonyl (C=O) groups excluding carboxylic acids is 1. The molecule has 1 atom stereocenters. The molecule has 5 nitrogen and oxygen atoms in total. The number of aliphatic hydroxyl groups excluding tert-OH is 1. The summed E-state index contributed by atoms with van der Waals surface area (Å²) in [6.07, 6.45) is 0.486. The molecular formula is C16H26N2O3. The fraction of sp³-hybridized carbons (Fsp3) is 0.562. The van der Waals surface area contributed by atoms with Crippen molar-refractivity contribution in [3.05, 3.63) is 35.9 Å². The monoisotopic (exact) mass is 294 g/mol. The van der Waals surface area contributed by atoms with Crippen LogP contribution >= 0.6 is 0 Å². The van der Waals surface area contributed by atoms with Gasteiger partial charge in [-0.05, 0) is 17.4 Å². The van der Waals surface area contributed by atoms with Gasteiger partial charge in [0.1, 0.15) is 0 Å². The van der Waals surface area contributed by atoms with E-state index in [9.17, 15) is 4.79 Å². The van der Waals surface area contributed by atoms with E-state index in [-0.39, 0.29) is 24.2 Å². The molecule has 0 saturated heterocycles. The van der Waals surface area contributed by atoms with E-state index in [1.165, 1.54) is 0 Å². The highest BCUT2D eigenvalue weighted by molar-refractivity contribution is 5.73. The second-order valence-corrected chi connectivity index (χ2v) is 5.84. The number of carbonyl (C=O) groups is 1. The van der Waals surface area contributed by atoms with Crippen LogP contribution in [0, 0.1) is 5.41 Å². The van der Waals surface area contributed by atoms with Crippen molar-refractivity contribution in [3.63, 3.8) is 0 Å². The van der Waals surface area contributed by atoms with Crippen molar-refractivity contribution in [2.75, 3.05) is 26.8 Å². The number of benzene rings is 1. The molecule has 118 valence electrons. The topological polar surface area (TPSA) is 70.6 Å². The van der Waals surface area contributed by atoms with E-state index in [0.717, 1.165) is 5.56 Å². The smallest absolute Gasteiger partial charge is 0.314 e. The lowest BCUT2D eigenvalue weighted by molar-refractivity contribution is 0.104. The molecule has 0 aliphatic carbocycles. The molecule has 0 spiro atoms. The molecule has 1 aromatic carbocycles. The molecule has 0 aliphatic rings. The zero-order valence-electron chi connectivity index (χ0n) is 13.1. The van der Waals surface area contributed by atoms with E-state index >= 15 is 0 Å². The van der Waals surface area contributed by atoms with Gasteiger partial charge in [0.05, 0.1) is 6.10 Å². The van der Waals surface area contributed by atoms with Crippen LogP contribution in [0.25, 0.3) is 0 Å². The Labute approximate surface area is 126 Å². The van der Waals surface area contributed by atoms with Gasteiger partial charge in [-0.15, -0.1) is 0 Å². The predicted octanol–water partition coefficient (Wildman–Crippen LogP) is 2.08. The summed E-state index contributed by atoms with van der Waals surface area (Å²) in [4.78, 5) is 11.8.